The molecule has 0 radical (unpaired) electrons. The van der Waals surface area contributed by atoms with Crippen LogP contribution < -0.4 is 9.47 Å². The van der Waals surface area contributed by atoms with E-state index in [9.17, 15) is 0 Å². The minimum Gasteiger partial charge on any atom is -0.493 e. The van der Waals surface area contributed by atoms with E-state index in [-0.39, 0.29) is 12.0 Å². The van der Waals surface area contributed by atoms with Gasteiger partial charge in [0.25, 0.3) is 0 Å². The third-order valence-corrected chi connectivity index (χ3v) is 5.70. The number of methoxy groups -OCH3 is 1. The molecule has 1 aromatic carbocycles. The first-order valence-electron chi connectivity index (χ1n) is 9.91. The number of ether oxygens (including phenoxy) is 2. The molecule has 1 unspecified atom stereocenters. The van der Waals surface area contributed by atoms with Crippen molar-refractivity contribution in [2.75, 3.05) is 13.7 Å². The SMILES string of the molecule is CCN(Cc1ccc(OCc2cccs2)c(OC)c1)C(C)c1nc(C(C)C)no1. The molecule has 3 aromatic rings. The van der Waals surface area contributed by atoms with E-state index in [2.05, 4.69) is 54.9 Å². The highest BCUT2D eigenvalue weighted by atomic mass is 32.1. The predicted octanol–water partition coefficient (Wildman–Crippen LogP) is 5.43. The topological polar surface area (TPSA) is 60.6 Å². The molecule has 156 valence electrons. The molecular weight excluding hydrogens is 386 g/mol. The summed E-state index contributed by atoms with van der Waals surface area (Å²) in [4.78, 5) is 8.03. The van der Waals surface area contributed by atoms with E-state index < -0.39 is 0 Å². The van der Waals surface area contributed by atoms with Gasteiger partial charge in [-0.25, -0.2) is 0 Å². The Kier molecular flexibility index (Phi) is 7.28. The molecule has 0 bridgehead atoms. The second-order valence-corrected chi connectivity index (χ2v) is 8.27. The van der Waals surface area contributed by atoms with Crippen molar-refractivity contribution in [2.45, 2.75) is 52.8 Å². The zero-order valence-electron chi connectivity index (χ0n) is 17.7. The van der Waals surface area contributed by atoms with Crippen LogP contribution in [0.2, 0.25) is 0 Å². The number of hydrogen-bond acceptors (Lipinski definition) is 7. The fraction of sp³-hybridized carbons (Fsp3) is 0.455. The van der Waals surface area contributed by atoms with Gasteiger partial charge in [0.15, 0.2) is 17.3 Å². The molecule has 29 heavy (non-hydrogen) atoms. The standard InChI is InChI=1S/C22H29N3O3S/c1-6-25(16(4)22-23-21(15(2)3)24-28-22)13-17-9-10-19(20(12-17)26-5)27-14-18-8-7-11-29-18/h7-12,15-16H,6,13-14H2,1-5H3. The van der Waals surface area contributed by atoms with Crippen LogP contribution in [-0.2, 0) is 13.2 Å². The summed E-state index contributed by atoms with van der Waals surface area (Å²) in [7, 11) is 1.67. The molecule has 0 saturated carbocycles. The van der Waals surface area contributed by atoms with Gasteiger partial charge >= 0.3 is 0 Å². The number of hydrogen-bond donors (Lipinski definition) is 0. The molecule has 0 amide bonds. The molecule has 3 rings (SSSR count). The summed E-state index contributed by atoms with van der Waals surface area (Å²) in [5.41, 5.74) is 1.14. The Balaban J connectivity index is 1.69. The number of benzene rings is 1. The molecular formula is C22H29N3O3S. The van der Waals surface area contributed by atoms with Gasteiger partial charge in [-0.05, 0) is 42.6 Å². The van der Waals surface area contributed by atoms with Crippen molar-refractivity contribution in [3.8, 4) is 11.5 Å². The average Bonchev–Trinajstić information content (AvgIpc) is 3.42. The van der Waals surface area contributed by atoms with Crippen LogP contribution in [0.3, 0.4) is 0 Å². The van der Waals surface area contributed by atoms with Crippen LogP contribution in [0.1, 0.15) is 61.8 Å². The molecule has 6 nitrogen and oxygen atoms in total. The van der Waals surface area contributed by atoms with E-state index in [1.165, 1.54) is 4.88 Å². The fourth-order valence-electron chi connectivity index (χ4n) is 3.04. The van der Waals surface area contributed by atoms with Crippen molar-refractivity contribution in [1.29, 1.82) is 0 Å². The predicted molar refractivity (Wildman–Crippen MR) is 115 cm³/mol. The van der Waals surface area contributed by atoms with Gasteiger partial charge in [0.05, 0.1) is 13.2 Å². The van der Waals surface area contributed by atoms with Gasteiger partial charge in [0.2, 0.25) is 5.89 Å². The minimum atomic E-state index is 0.0285. The lowest BCUT2D eigenvalue weighted by atomic mass is 10.1. The van der Waals surface area contributed by atoms with E-state index in [1.54, 1.807) is 18.4 Å². The van der Waals surface area contributed by atoms with Crippen molar-refractivity contribution in [1.82, 2.24) is 15.0 Å². The molecule has 0 fully saturated rings. The third kappa shape index (κ3) is 5.36. The monoisotopic (exact) mass is 415 g/mol. The highest BCUT2D eigenvalue weighted by molar-refractivity contribution is 7.09. The molecule has 2 aromatic heterocycles. The fourth-order valence-corrected chi connectivity index (χ4v) is 3.65. The number of nitrogens with zero attached hydrogens (tertiary/aromatic N) is 3. The first-order chi connectivity index (χ1) is 14.0. The number of aromatic nitrogens is 2. The van der Waals surface area contributed by atoms with Crippen LogP contribution in [0, 0.1) is 0 Å². The summed E-state index contributed by atoms with van der Waals surface area (Å²) in [5, 5.41) is 6.14. The molecule has 1 atom stereocenters. The van der Waals surface area contributed by atoms with Crippen LogP contribution in [0.5, 0.6) is 11.5 Å². The van der Waals surface area contributed by atoms with Crippen LogP contribution >= 0.6 is 11.3 Å². The van der Waals surface area contributed by atoms with Crippen LogP contribution in [0.25, 0.3) is 0 Å². The van der Waals surface area contributed by atoms with Gasteiger partial charge in [-0.1, -0.05) is 38.1 Å². The lowest BCUT2D eigenvalue weighted by Crippen LogP contribution is -2.26. The summed E-state index contributed by atoms with van der Waals surface area (Å²) in [6.45, 7) is 10.5. The molecule has 0 aliphatic carbocycles. The zero-order valence-corrected chi connectivity index (χ0v) is 18.5. The van der Waals surface area contributed by atoms with Gasteiger partial charge in [0, 0.05) is 17.3 Å². The first kappa shape index (κ1) is 21.3. The van der Waals surface area contributed by atoms with Crippen molar-refractivity contribution < 1.29 is 14.0 Å². The molecule has 0 aliphatic rings. The Morgan fingerprint density at radius 2 is 2.00 bits per heavy atom. The van der Waals surface area contributed by atoms with E-state index in [0.29, 0.717) is 12.5 Å². The Morgan fingerprint density at radius 3 is 2.62 bits per heavy atom. The summed E-state index contributed by atoms with van der Waals surface area (Å²) < 4.78 is 17.0. The zero-order chi connectivity index (χ0) is 20.8. The molecule has 7 heteroatoms. The first-order valence-corrected chi connectivity index (χ1v) is 10.8. The second kappa shape index (κ2) is 9.89. The molecule has 2 heterocycles. The normalized spacial score (nSPS) is 12.5. The van der Waals surface area contributed by atoms with E-state index in [0.717, 1.165) is 36.0 Å². The highest BCUT2D eigenvalue weighted by Crippen LogP contribution is 2.31. The van der Waals surface area contributed by atoms with Gasteiger partial charge in [-0.3, -0.25) is 4.90 Å². The molecule has 0 aliphatic heterocycles. The number of rotatable bonds is 10. The Hall–Kier alpha value is -2.38. The number of thiophene rings is 1. The van der Waals surface area contributed by atoms with Gasteiger partial charge in [-0.2, -0.15) is 4.98 Å². The molecule has 0 saturated heterocycles. The maximum absolute atomic E-state index is 5.94. The summed E-state index contributed by atoms with van der Waals surface area (Å²) in [6.07, 6.45) is 0. The largest absolute Gasteiger partial charge is 0.493 e. The smallest absolute Gasteiger partial charge is 0.243 e. The summed E-state index contributed by atoms with van der Waals surface area (Å²) in [6, 6.07) is 10.2. The van der Waals surface area contributed by atoms with Crippen molar-refractivity contribution >= 4 is 11.3 Å². The van der Waals surface area contributed by atoms with Crippen molar-refractivity contribution in [2.24, 2.45) is 0 Å². The molecule has 0 N–H and O–H groups in total. The highest BCUT2D eigenvalue weighted by Gasteiger charge is 2.22. The van der Waals surface area contributed by atoms with Gasteiger partial charge < -0.3 is 14.0 Å². The van der Waals surface area contributed by atoms with Gasteiger partial charge in [0.1, 0.15) is 6.61 Å². The van der Waals surface area contributed by atoms with Crippen LogP contribution in [0.4, 0.5) is 0 Å². The molecule has 0 spiro atoms. The maximum atomic E-state index is 5.94. The Bertz CT molecular complexity index is 893. The van der Waals surface area contributed by atoms with E-state index >= 15 is 0 Å². The van der Waals surface area contributed by atoms with Gasteiger partial charge in [-0.15, -0.1) is 11.3 Å². The summed E-state index contributed by atoms with van der Waals surface area (Å²) in [5.74, 6) is 3.14. The lowest BCUT2D eigenvalue weighted by Gasteiger charge is -2.25. The minimum absolute atomic E-state index is 0.0285. The Labute approximate surface area is 176 Å². The van der Waals surface area contributed by atoms with Crippen molar-refractivity contribution in [3.05, 3.63) is 57.9 Å². The second-order valence-electron chi connectivity index (χ2n) is 7.24. The van der Waals surface area contributed by atoms with Crippen LogP contribution in [0.15, 0.2) is 40.2 Å². The third-order valence-electron chi connectivity index (χ3n) is 4.85. The van der Waals surface area contributed by atoms with E-state index in [1.807, 2.05) is 23.6 Å². The quantitative estimate of drug-likeness (QED) is 0.440. The van der Waals surface area contributed by atoms with E-state index in [4.69, 9.17) is 14.0 Å². The maximum Gasteiger partial charge on any atom is 0.243 e. The van der Waals surface area contributed by atoms with Crippen LogP contribution in [-0.4, -0.2) is 28.7 Å². The summed E-state index contributed by atoms with van der Waals surface area (Å²) >= 11 is 1.68. The Morgan fingerprint density at radius 1 is 1.17 bits per heavy atom. The van der Waals surface area contributed by atoms with Crippen molar-refractivity contribution in [3.63, 3.8) is 0 Å². The lowest BCUT2D eigenvalue weighted by molar-refractivity contribution is 0.173. The average molecular weight is 416 g/mol.